The SMILES string of the molecule is C[CH2][Pb]([Br])[CH2]C. The molecule has 0 fully saturated rings. The number of hydrogen-bond acceptors (Lipinski definition) is 0. The Balaban J connectivity index is 2.75. The zero-order valence-electron chi connectivity index (χ0n) is 4.29. The average Bonchev–Trinajstić information content (AvgIpc) is 1.65. The third-order valence-corrected chi connectivity index (χ3v) is 16.6. The van der Waals surface area contributed by atoms with Crippen LogP contribution < -0.4 is 0 Å². The minimum absolute atomic E-state index is 0.932. The second kappa shape index (κ2) is 4.56. The van der Waals surface area contributed by atoms with Crippen LogP contribution >= 0.6 is 12.0 Å². The molecule has 2 heteroatoms. The van der Waals surface area contributed by atoms with Crippen molar-refractivity contribution in [2.24, 2.45) is 0 Å². The molecule has 0 aliphatic carbocycles. The number of rotatable bonds is 2. The molecule has 0 aromatic heterocycles. The van der Waals surface area contributed by atoms with Gasteiger partial charge in [-0.1, -0.05) is 0 Å². The average molecular weight is 345 g/mol. The fourth-order valence-corrected chi connectivity index (χ4v) is 2.19. The van der Waals surface area contributed by atoms with Gasteiger partial charge in [-0.2, -0.15) is 0 Å². The van der Waals surface area contributed by atoms with E-state index in [4.69, 9.17) is 0 Å². The summed E-state index contributed by atoms with van der Waals surface area (Å²) in [6.07, 6.45) is 0. The molecule has 0 atom stereocenters. The molecule has 0 aliphatic heterocycles. The van der Waals surface area contributed by atoms with Gasteiger partial charge in [0.2, 0.25) is 0 Å². The summed E-state index contributed by atoms with van der Waals surface area (Å²) in [5.74, 6) is 0. The summed E-state index contributed by atoms with van der Waals surface area (Å²) < 4.78 is 2.92. The fourth-order valence-electron chi connectivity index (χ4n) is 0.250. The van der Waals surface area contributed by atoms with Crippen LogP contribution in [0.3, 0.4) is 0 Å². The van der Waals surface area contributed by atoms with Crippen LogP contribution in [0.25, 0.3) is 0 Å². The van der Waals surface area contributed by atoms with Crippen LogP contribution in [0.2, 0.25) is 7.96 Å². The maximum absolute atomic E-state index is 3.69. The van der Waals surface area contributed by atoms with E-state index in [0.717, 1.165) is 0 Å². The fraction of sp³-hybridized carbons (Fsp3) is 1.00. The van der Waals surface area contributed by atoms with Gasteiger partial charge >= 0.3 is 54.1 Å². The Morgan fingerprint density at radius 1 is 1.33 bits per heavy atom. The minimum atomic E-state index is -0.932. The zero-order chi connectivity index (χ0) is 4.99. The van der Waals surface area contributed by atoms with Crippen molar-refractivity contribution in [3.05, 3.63) is 0 Å². The molecule has 0 aliphatic rings. The van der Waals surface area contributed by atoms with Gasteiger partial charge in [-0.25, -0.2) is 0 Å². The van der Waals surface area contributed by atoms with Crippen molar-refractivity contribution in [1.82, 2.24) is 0 Å². The first-order chi connectivity index (χ1) is 2.81. The molecule has 0 nitrogen and oxygen atoms in total. The summed E-state index contributed by atoms with van der Waals surface area (Å²) in [4.78, 5) is 0. The molecule has 0 rings (SSSR count). The Morgan fingerprint density at radius 2 is 1.67 bits per heavy atom. The van der Waals surface area contributed by atoms with Crippen LogP contribution in [-0.2, 0) is 0 Å². The topological polar surface area (TPSA) is 0 Å². The first-order valence-corrected chi connectivity index (χ1v) is 16.2. The van der Waals surface area contributed by atoms with E-state index >= 15 is 0 Å². The summed E-state index contributed by atoms with van der Waals surface area (Å²) in [6, 6.07) is 0. The Kier molecular flexibility index (Phi) is 5.62. The van der Waals surface area contributed by atoms with E-state index in [2.05, 4.69) is 25.8 Å². The standard InChI is InChI=1S/2C2H5.BrH.Pb/c2*1-2;;/h2*1H2,2H3;1H;/q;;;+1/p-1. The van der Waals surface area contributed by atoms with Gasteiger partial charge in [-0.3, -0.25) is 0 Å². The van der Waals surface area contributed by atoms with Crippen molar-refractivity contribution in [2.45, 2.75) is 21.8 Å². The number of halogens is 1. The predicted molar refractivity (Wildman–Crippen MR) is 35.6 cm³/mol. The van der Waals surface area contributed by atoms with Gasteiger partial charge < -0.3 is 0 Å². The molecule has 0 N–H and O–H groups in total. The molecule has 0 bridgehead atoms. The van der Waals surface area contributed by atoms with E-state index in [0.29, 0.717) is 0 Å². The molecule has 0 unspecified atom stereocenters. The molecule has 37 valence electrons. The van der Waals surface area contributed by atoms with Crippen LogP contribution in [-0.4, -0.2) is 20.3 Å². The summed E-state index contributed by atoms with van der Waals surface area (Å²) in [5, 5.41) is 0. The van der Waals surface area contributed by atoms with Crippen molar-refractivity contribution in [1.29, 1.82) is 0 Å². The normalized spacial score (nSPS) is 10.0. The summed E-state index contributed by atoms with van der Waals surface area (Å²) in [5.41, 5.74) is 0. The van der Waals surface area contributed by atoms with Crippen molar-refractivity contribution in [3.8, 4) is 0 Å². The molecule has 0 aromatic rings. The molecule has 6 heavy (non-hydrogen) atoms. The summed E-state index contributed by atoms with van der Waals surface area (Å²) >= 11 is 2.76. The first-order valence-electron chi connectivity index (χ1n) is 2.31. The van der Waals surface area contributed by atoms with E-state index in [1.165, 1.54) is 7.96 Å². The van der Waals surface area contributed by atoms with E-state index in [-0.39, 0.29) is 0 Å². The molecule has 0 saturated carbocycles. The molecular weight excluding hydrogens is 335 g/mol. The van der Waals surface area contributed by atoms with Crippen molar-refractivity contribution in [3.63, 3.8) is 0 Å². The first kappa shape index (κ1) is 7.40. The van der Waals surface area contributed by atoms with Gasteiger partial charge in [0.15, 0.2) is 0 Å². The molecule has 1 radical (unpaired) electrons. The van der Waals surface area contributed by atoms with Gasteiger partial charge in [0.05, 0.1) is 0 Å². The Bertz CT molecular complexity index is 26.7. The van der Waals surface area contributed by atoms with E-state index < -0.39 is 20.3 Å². The summed E-state index contributed by atoms with van der Waals surface area (Å²) in [6.45, 7) is 4.56. The Morgan fingerprint density at radius 3 is 1.67 bits per heavy atom. The monoisotopic (exact) mass is 345 g/mol. The summed E-state index contributed by atoms with van der Waals surface area (Å²) in [7, 11) is 0. The quantitative estimate of drug-likeness (QED) is 0.675. The van der Waals surface area contributed by atoms with Crippen molar-refractivity contribution in [2.75, 3.05) is 0 Å². The van der Waals surface area contributed by atoms with Crippen LogP contribution in [0.4, 0.5) is 0 Å². The van der Waals surface area contributed by atoms with Crippen LogP contribution in [0.15, 0.2) is 0 Å². The molecule has 0 heterocycles. The van der Waals surface area contributed by atoms with Crippen LogP contribution in [0.1, 0.15) is 13.8 Å². The van der Waals surface area contributed by atoms with Gasteiger partial charge in [-0.05, 0) is 0 Å². The van der Waals surface area contributed by atoms with Gasteiger partial charge in [0.25, 0.3) is 0 Å². The van der Waals surface area contributed by atoms with E-state index in [9.17, 15) is 0 Å². The third kappa shape index (κ3) is 3.59. The molecule has 0 spiro atoms. The second-order valence-electron chi connectivity index (χ2n) is 1.22. The molecule has 0 aromatic carbocycles. The van der Waals surface area contributed by atoms with Gasteiger partial charge in [0.1, 0.15) is 0 Å². The Hall–Kier alpha value is 1.40. The van der Waals surface area contributed by atoms with Crippen LogP contribution in [0.5, 0.6) is 0 Å². The van der Waals surface area contributed by atoms with Gasteiger partial charge in [-0.15, -0.1) is 0 Å². The number of hydrogen-bond donors (Lipinski definition) is 0. The van der Waals surface area contributed by atoms with Gasteiger partial charge in [0, 0.05) is 0 Å². The van der Waals surface area contributed by atoms with E-state index in [1.54, 1.807) is 0 Å². The zero-order valence-corrected chi connectivity index (χ0v) is 9.77. The van der Waals surface area contributed by atoms with Crippen molar-refractivity contribution >= 4 is 32.3 Å². The van der Waals surface area contributed by atoms with Crippen molar-refractivity contribution < 1.29 is 0 Å². The van der Waals surface area contributed by atoms with E-state index in [1.807, 2.05) is 0 Å². The third-order valence-electron chi connectivity index (χ3n) is 0.767. The predicted octanol–water partition coefficient (Wildman–Crippen LogP) is 2.41. The molecular formula is C4H10BrPb. The van der Waals surface area contributed by atoms with Crippen LogP contribution in [0, 0.1) is 0 Å². The molecule has 0 amide bonds. The second-order valence-corrected chi connectivity index (χ2v) is 20.6. The molecule has 0 saturated heterocycles. The Labute approximate surface area is 53.7 Å². The maximum atomic E-state index is 3.69.